The van der Waals surface area contributed by atoms with E-state index in [1.807, 2.05) is 17.5 Å². The number of carbonyl (C=O) groups is 1. The number of hydrogen-bond donors (Lipinski definition) is 0. The number of rotatable bonds is 5. The summed E-state index contributed by atoms with van der Waals surface area (Å²) in [5.74, 6) is -0.191. The number of ether oxygens (including phenoxy) is 1. The summed E-state index contributed by atoms with van der Waals surface area (Å²) in [6, 6.07) is 3.92. The predicted octanol–water partition coefficient (Wildman–Crippen LogP) is 1.28. The first-order chi connectivity index (χ1) is 6.74. The molecule has 1 heterocycles. The molecule has 4 nitrogen and oxygen atoms in total. The summed E-state index contributed by atoms with van der Waals surface area (Å²) in [7, 11) is 2.99. The van der Waals surface area contributed by atoms with E-state index in [0.29, 0.717) is 6.61 Å². The lowest BCUT2D eigenvalue weighted by atomic mass is 10.5. The average Bonchev–Trinajstić information content (AvgIpc) is 2.69. The van der Waals surface area contributed by atoms with Crippen LogP contribution in [0.3, 0.4) is 0 Å². The van der Waals surface area contributed by atoms with Gasteiger partial charge in [0.1, 0.15) is 6.61 Å². The van der Waals surface area contributed by atoms with Crippen LogP contribution in [0, 0.1) is 0 Å². The Morgan fingerprint density at radius 1 is 1.64 bits per heavy atom. The van der Waals surface area contributed by atoms with Crippen LogP contribution in [-0.2, 0) is 21.0 Å². The van der Waals surface area contributed by atoms with Gasteiger partial charge in [-0.05, 0) is 11.4 Å². The molecular weight excluding hydrogens is 202 g/mol. The van der Waals surface area contributed by atoms with Crippen molar-refractivity contribution in [3.63, 3.8) is 0 Å². The number of amides is 1. The molecule has 0 aromatic carbocycles. The van der Waals surface area contributed by atoms with E-state index in [-0.39, 0.29) is 12.5 Å². The molecular formula is C9H13NO3S. The molecule has 14 heavy (non-hydrogen) atoms. The van der Waals surface area contributed by atoms with E-state index >= 15 is 0 Å². The van der Waals surface area contributed by atoms with Gasteiger partial charge in [0.05, 0.1) is 13.7 Å². The smallest absolute Gasteiger partial charge is 0.271 e. The van der Waals surface area contributed by atoms with Crippen LogP contribution in [0.15, 0.2) is 17.5 Å². The van der Waals surface area contributed by atoms with E-state index in [1.54, 1.807) is 18.4 Å². The highest BCUT2D eigenvalue weighted by molar-refractivity contribution is 7.09. The Labute approximate surface area is 87.0 Å². The molecule has 0 aliphatic rings. The van der Waals surface area contributed by atoms with Crippen molar-refractivity contribution in [2.24, 2.45) is 0 Å². The first-order valence-corrected chi connectivity index (χ1v) is 5.03. The van der Waals surface area contributed by atoms with Gasteiger partial charge in [-0.2, -0.15) is 0 Å². The van der Waals surface area contributed by atoms with Crippen LogP contribution in [0.25, 0.3) is 0 Å². The second-order valence-electron chi connectivity index (χ2n) is 2.65. The van der Waals surface area contributed by atoms with Crippen molar-refractivity contribution in [1.82, 2.24) is 5.06 Å². The van der Waals surface area contributed by atoms with Crippen LogP contribution in [0.1, 0.15) is 4.88 Å². The number of nitrogens with zero attached hydrogens (tertiary/aromatic N) is 1. The second-order valence-corrected chi connectivity index (χ2v) is 3.68. The first kappa shape index (κ1) is 11.2. The van der Waals surface area contributed by atoms with Crippen molar-refractivity contribution in [3.8, 4) is 0 Å². The van der Waals surface area contributed by atoms with E-state index in [0.717, 1.165) is 9.94 Å². The SMILES string of the molecule is CON(C)C(=O)COCc1cccs1. The van der Waals surface area contributed by atoms with Crippen molar-refractivity contribution < 1.29 is 14.4 Å². The number of thiophene rings is 1. The summed E-state index contributed by atoms with van der Waals surface area (Å²) in [6.07, 6.45) is 0. The quantitative estimate of drug-likeness (QED) is 0.695. The second kappa shape index (κ2) is 5.74. The van der Waals surface area contributed by atoms with Crippen LogP contribution in [0.5, 0.6) is 0 Å². The molecule has 0 aliphatic heterocycles. The fourth-order valence-electron chi connectivity index (χ4n) is 0.826. The maximum absolute atomic E-state index is 11.2. The van der Waals surface area contributed by atoms with Crippen LogP contribution < -0.4 is 0 Å². The summed E-state index contributed by atoms with van der Waals surface area (Å²) in [6.45, 7) is 0.517. The molecule has 0 spiro atoms. The molecule has 0 aliphatic carbocycles. The molecule has 1 amide bonds. The molecule has 0 saturated carbocycles. The minimum atomic E-state index is -0.191. The standard InChI is InChI=1S/C9H13NO3S/c1-10(12-2)9(11)7-13-6-8-4-3-5-14-8/h3-5H,6-7H2,1-2H3. The monoisotopic (exact) mass is 215 g/mol. The van der Waals surface area contributed by atoms with Crippen molar-refractivity contribution in [3.05, 3.63) is 22.4 Å². The van der Waals surface area contributed by atoms with Crippen LogP contribution >= 0.6 is 11.3 Å². The summed E-state index contributed by atoms with van der Waals surface area (Å²) in [4.78, 5) is 17.0. The van der Waals surface area contributed by atoms with Crippen molar-refractivity contribution in [2.45, 2.75) is 6.61 Å². The van der Waals surface area contributed by atoms with Gasteiger partial charge in [-0.15, -0.1) is 11.3 Å². The maximum Gasteiger partial charge on any atom is 0.271 e. The molecule has 0 radical (unpaired) electrons. The fourth-order valence-corrected chi connectivity index (χ4v) is 1.47. The minimum absolute atomic E-state index is 0.0439. The number of likely N-dealkylation sites (N-methyl/N-ethyl adjacent to an activating group) is 1. The van der Waals surface area contributed by atoms with Crippen LogP contribution in [-0.4, -0.2) is 31.7 Å². The minimum Gasteiger partial charge on any atom is -0.366 e. The topological polar surface area (TPSA) is 38.8 Å². The molecule has 0 N–H and O–H groups in total. The molecule has 0 bridgehead atoms. The molecule has 78 valence electrons. The van der Waals surface area contributed by atoms with Crippen molar-refractivity contribution >= 4 is 17.2 Å². The third kappa shape index (κ3) is 3.45. The molecule has 5 heteroatoms. The van der Waals surface area contributed by atoms with Gasteiger partial charge >= 0.3 is 0 Å². The summed E-state index contributed by atoms with van der Waals surface area (Å²) < 4.78 is 5.20. The van der Waals surface area contributed by atoms with Gasteiger partial charge in [0.25, 0.3) is 5.91 Å². The lowest BCUT2D eigenvalue weighted by molar-refractivity contribution is -0.173. The van der Waals surface area contributed by atoms with E-state index in [2.05, 4.69) is 0 Å². The lowest BCUT2D eigenvalue weighted by Gasteiger charge is -2.12. The van der Waals surface area contributed by atoms with Gasteiger partial charge in [0.15, 0.2) is 0 Å². The zero-order valence-corrected chi connectivity index (χ0v) is 9.04. The molecule has 1 aromatic heterocycles. The van der Waals surface area contributed by atoms with E-state index < -0.39 is 0 Å². The Kier molecular flexibility index (Phi) is 4.58. The molecule has 0 saturated heterocycles. The third-order valence-corrected chi connectivity index (χ3v) is 2.52. The largest absolute Gasteiger partial charge is 0.366 e. The Morgan fingerprint density at radius 2 is 2.43 bits per heavy atom. The van der Waals surface area contributed by atoms with Crippen LogP contribution in [0.4, 0.5) is 0 Å². The third-order valence-electron chi connectivity index (χ3n) is 1.68. The number of hydroxylamine groups is 2. The molecule has 0 unspecified atom stereocenters. The molecule has 0 atom stereocenters. The Bertz CT molecular complexity index is 274. The van der Waals surface area contributed by atoms with Gasteiger partial charge in [-0.1, -0.05) is 6.07 Å². The highest BCUT2D eigenvalue weighted by atomic mass is 32.1. The normalized spacial score (nSPS) is 10.1. The zero-order chi connectivity index (χ0) is 10.4. The van der Waals surface area contributed by atoms with Gasteiger partial charge in [-0.3, -0.25) is 9.63 Å². The predicted molar refractivity (Wildman–Crippen MR) is 53.8 cm³/mol. The van der Waals surface area contributed by atoms with E-state index in [1.165, 1.54) is 7.11 Å². The van der Waals surface area contributed by atoms with Crippen LogP contribution in [0.2, 0.25) is 0 Å². The first-order valence-electron chi connectivity index (χ1n) is 4.15. The Morgan fingerprint density at radius 3 is 3.00 bits per heavy atom. The molecule has 1 rings (SSSR count). The number of carbonyl (C=O) groups excluding carboxylic acids is 1. The highest BCUT2D eigenvalue weighted by Crippen LogP contribution is 2.09. The van der Waals surface area contributed by atoms with Gasteiger partial charge < -0.3 is 4.74 Å². The van der Waals surface area contributed by atoms with E-state index in [4.69, 9.17) is 9.57 Å². The Hall–Kier alpha value is -0.910. The van der Waals surface area contributed by atoms with Crippen molar-refractivity contribution in [1.29, 1.82) is 0 Å². The fraction of sp³-hybridized carbons (Fsp3) is 0.444. The number of hydrogen-bond acceptors (Lipinski definition) is 4. The zero-order valence-electron chi connectivity index (χ0n) is 8.23. The summed E-state index contributed by atoms with van der Waals surface area (Å²) in [5, 5.41) is 3.12. The molecule has 0 fully saturated rings. The molecule has 1 aromatic rings. The Balaban J connectivity index is 2.18. The highest BCUT2D eigenvalue weighted by Gasteiger charge is 2.07. The summed E-state index contributed by atoms with van der Waals surface area (Å²) in [5.41, 5.74) is 0. The van der Waals surface area contributed by atoms with Gasteiger partial charge in [-0.25, -0.2) is 5.06 Å². The maximum atomic E-state index is 11.2. The van der Waals surface area contributed by atoms with Crippen molar-refractivity contribution in [2.75, 3.05) is 20.8 Å². The summed E-state index contributed by atoms with van der Waals surface area (Å²) >= 11 is 1.61. The average molecular weight is 215 g/mol. The lowest BCUT2D eigenvalue weighted by Crippen LogP contribution is -2.29. The van der Waals surface area contributed by atoms with Gasteiger partial charge in [0, 0.05) is 11.9 Å². The van der Waals surface area contributed by atoms with Gasteiger partial charge in [0.2, 0.25) is 0 Å². The van der Waals surface area contributed by atoms with E-state index in [9.17, 15) is 4.79 Å².